The lowest BCUT2D eigenvalue weighted by atomic mass is 9.93. The van der Waals surface area contributed by atoms with Gasteiger partial charge in [0.15, 0.2) is 0 Å². The zero-order valence-electron chi connectivity index (χ0n) is 16.7. The SMILES string of the molecule is Cc1n[nH]c(C)c1CNC(=O)CCC1CCN(S(=O)(=O)c2cccc(F)c2)CC1. The zero-order chi connectivity index (χ0) is 21.0. The first-order chi connectivity index (χ1) is 13.8. The van der Waals surface area contributed by atoms with E-state index in [4.69, 9.17) is 0 Å². The van der Waals surface area contributed by atoms with Gasteiger partial charge in [-0.2, -0.15) is 9.40 Å². The largest absolute Gasteiger partial charge is 0.352 e. The predicted molar refractivity (Wildman–Crippen MR) is 107 cm³/mol. The molecule has 0 atom stereocenters. The summed E-state index contributed by atoms with van der Waals surface area (Å²) in [5.41, 5.74) is 2.85. The van der Waals surface area contributed by atoms with Crippen LogP contribution in [0.4, 0.5) is 4.39 Å². The second-order valence-electron chi connectivity index (χ2n) is 7.53. The van der Waals surface area contributed by atoms with Crippen molar-refractivity contribution in [1.29, 1.82) is 0 Å². The Morgan fingerprint density at radius 2 is 2.03 bits per heavy atom. The number of rotatable bonds is 7. The van der Waals surface area contributed by atoms with Crippen molar-refractivity contribution in [3.63, 3.8) is 0 Å². The molecular weight excluding hydrogens is 395 g/mol. The Bertz CT molecular complexity index is 946. The van der Waals surface area contributed by atoms with Gasteiger partial charge in [0.25, 0.3) is 0 Å². The number of hydrogen-bond donors (Lipinski definition) is 2. The van der Waals surface area contributed by atoms with Gasteiger partial charge in [0, 0.05) is 37.3 Å². The van der Waals surface area contributed by atoms with Crippen molar-refractivity contribution in [2.24, 2.45) is 5.92 Å². The Balaban J connectivity index is 1.44. The lowest BCUT2D eigenvalue weighted by Crippen LogP contribution is -2.38. The van der Waals surface area contributed by atoms with Crippen molar-refractivity contribution in [1.82, 2.24) is 19.8 Å². The second-order valence-corrected chi connectivity index (χ2v) is 9.47. The Morgan fingerprint density at radius 3 is 2.66 bits per heavy atom. The Kier molecular flexibility index (Phi) is 6.69. The van der Waals surface area contributed by atoms with Crippen LogP contribution >= 0.6 is 0 Å². The molecule has 1 fully saturated rings. The van der Waals surface area contributed by atoms with E-state index < -0.39 is 15.8 Å². The molecule has 29 heavy (non-hydrogen) atoms. The third kappa shape index (κ3) is 5.22. The molecule has 1 aliphatic heterocycles. The van der Waals surface area contributed by atoms with Gasteiger partial charge in [-0.05, 0) is 57.2 Å². The van der Waals surface area contributed by atoms with Gasteiger partial charge in [-0.25, -0.2) is 12.8 Å². The van der Waals surface area contributed by atoms with E-state index in [0.717, 1.165) is 29.4 Å². The number of aromatic nitrogens is 2. The number of amides is 1. The number of carbonyl (C=O) groups excluding carboxylic acids is 1. The van der Waals surface area contributed by atoms with Crippen molar-refractivity contribution in [2.75, 3.05) is 13.1 Å². The van der Waals surface area contributed by atoms with Crippen LogP contribution in [0, 0.1) is 25.6 Å². The molecule has 3 rings (SSSR count). The van der Waals surface area contributed by atoms with Crippen LogP contribution in [0.3, 0.4) is 0 Å². The molecule has 0 saturated carbocycles. The normalized spacial score (nSPS) is 16.1. The van der Waals surface area contributed by atoms with Gasteiger partial charge in [-0.3, -0.25) is 9.89 Å². The highest BCUT2D eigenvalue weighted by Gasteiger charge is 2.29. The summed E-state index contributed by atoms with van der Waals surface area (Å²) in [5, 5.41) is 9.94. The van der Waals surface area contributed by atoms with Crippen LogP contribution in [0.5, 0.6) is 0 Å². The monoisotopic (exact) mass is 422 g/mol. The van der Waals surface area contributed by atoms with Gasteiger partial charge >= 0.3 is 0 Å². The van der Waals surface area contributed by atoms with Crippen molar-refractivity contribution in [2.45, 2.75) is 51.0 Å². The van der Waals surface area contributed by atoms with Crippen molar-refractivity contribution >= 4 is 15.9 Å². The second kappa shape index (κ2) is 9.04. The van der Waals surface area contributed by atoms with Crippen molar-refractivity contribution < 1.29 is 17.6 Å². The van der Waals surface area contributed by atoms with E-state index in [-0.39, 0.29) is 10.8 Å². The lowest BCUT2D eigenvalue weighted by molar-refractivity contribution is -0.121. The average Bonchev–Trinajstić information content (AvgIpc) is 3.02. The fourth-order valence-electron chi connectivity index (χ4n) is 3.66. The van der Waals surface area contributed by atoms with Gasteiger partial charge < -0.3 is 5.32 Å². The molecule has 2 heterocycles. The van der Waals surface area contributed by atoms with Gasteiger partial charge in [0.05, 0.1) is 10.6 Å². The fraction of sp³-hybridized carbons (Fsp3) is 0.500. The van der Waals surface area contributed by atoms with Crippen LogP contribution in [-0.2, 0) is 21.4 Å². The third-order valence-electron chi connectivity index (χ3n) is 5.53. The van der Waals surface area contributed by atoms with Gasteiger partial charge in [-0.1, -0.05) is 6.07 Å². The lowest BCUT2D eigenvalue weighted by Gasteiger charge is -2.31. The van der Waals surface area contributed by atoms with Gasteiger partial charge in [0.1, 0.15) is 5.82 Å². The highest BCUT2D eigenvalue weighted by atomic mass is 32.2. The fourth-order valence-corrected chi connectivity index (χ4v) is 5.16. The van der Waals surface area contributed by atoms with Crippen LogP contribution in [0.25, 0.3) is 0 Å². The smallest absolute Gasteiger partial charge is 0.243 e. The standard InChI is InChI=1S/C20H27FN4O3S/c1-14-19(15(2)24-23-14)13-22-20(26)7-6-16-8-10-25(11-9-16)29(27,28)18-5-3-4-17(21)12-18/h3-5,12,16H,6-11,13H2,1-2H3,(H,22,26)(H,23,24). The summed E-state index contributed by atoms with van der Waals surface area (Å²) in [6, 6.07) is 5.10. The highest BCUT2D eigenvalue weighted by Crippen LogP contribution is 2.26. The molecule has 2 aromatic rings. The molecule has 1 amide bonds. The van der Waals surface area contributed by atoms with E-state index in [1.54, 1.807) is 0 Å². The summed E-state index contributed by atoms with van der Waals surface area (Å²) < 4.78 is 40.1. The van der Waals surface area contributed by atoms with Crippen molar-refractivity contribution in [3.8, 4) is 0 Å². The average molecular weight is 423 g/mol. The molecule has 7 nitrogen and oxygen atoms in total. The summed E-state index contributed by atoms with van der Waals surface area (Å²) in [4.78, 5) is 12.1. The van der Waals surface area contributed by atoms with Crippen LogP contribution in [0.15, 0.2) is 29.2 Å². The number of aryl methyl sites for hydroxylation is 2. The topological polar surface area (TPSA) is 95.2 Å². The summed E-state index contributed by atoms with van der Waals surface area (Å²) in [7, 11) is -3.68. The molecule has 1 aromatic carbocycles. The minimum Gasteiger partial charge on any atom is -0.352 e. The summed E-state index contributed by atoms with van der Waals surface area (Å²) in [5.74, 6) is -0.273. The van der Waals surface area contributed by atoms with E-state index in [1.165, 1.54) is 22.5 Å². The van der Waals surface area contributed by atoms with E-state index in [1.807, 2.05) is 13.8 Å². The maximum atomic E-state index is 13.4. The zero-order valence-corrected chi connectivity index (χ0v) is 17.6. The first-order valence-corrected chi connectivity index (χ1v) is 11.2. The number of hydrogen-bond acceptors (Lipinski definition) is 4. The molecule has 0 spiro atoms. The maximum Gasteiger partial charge on any atom is 0.243 e. The number of sulfonamides is 1. The van der Waals surface area contributed by atoms with Crippen LogP contribution in [-0.4, -0.2) is 41.9 Å². The molecule has 0 unspecified atom stereocenters. The third-order valence-corrected chi connectivity index (χ3v) is 7.42. The van der Waals surface area contributed by atoms with Crippen LogP contribution in [0.1, 0.15) is 42.6 Å². The summed E-state index contributed by atoms with van der Waals surface area (Å²) in [6.07, 6.45) is 2.53. The molecule has 9 heteroatoms. The minimum atomic E-state index is -3.68. The number of piperidine rings is 1. The van der Waals surface area contributed by atoms with Crippen molar-refractivity contribution in [3.05, 3.63) is 47.0 Å². The molecule has 0 bridgehead atoms. The summed E-state index contributed by atoms with van der Waals surface area (Å²) in [6.45, 7) is 5.05. The molecule has 1 aliphatic rings. The molecule has 2 N–H and O–H groups in total. The van der Waals surface area contributed by atoms with Gasteiger partial charge in [-0.15, -0.1) is 0 Å². The molecule has 0 radical (unpaired) electrons. The number of benzene rings is 1. The first kappa shape index (κ1) is 21.4. The maximum absolute atomic E-state index is 13.4. The Hall–Kier alpha value is -2.26. The van der Waals surface area contributed by atoms with E-state index in [0.29, 0.717) is 44.8 Å². The number of halogens is 1. The quantitative estimate of drug-likeness (QED) is 0.717. The minimum absolute atomic E-state index is 0.0137. The van der Waals surface area contributed by atoms with Crippen LogP contribution in [0.2, 0.25) is 0 Å². The number of aromatic amines is 1. The van der Waals surface area contributed by atoms with Crippen LogP contribution < -0.4 is 5.32 Å². The number of nitrogens with zero attached hydrogens (tertiary/aromatic N) is 2. The molecular formula is C20H27FN4O3S. The molecule has 0 aliphatic carbocycles. The Labute approximate surface area is 170 Å². The van der Waals surface area contributed by atoms with E-state index >= 15 is 0 Å². The Morgan fingerprint density at radius 1 is 1.31 bits per heavy atom. The predicted octanol–water partition coefficient (Wildman–Crippen LogP) is 2.66. The number of H-pyrrole nitrogens is 1. The van der Waals surface area contributed by atoms with E-state index in [9.17, 15) is 17.6 Å². The first-order valence-electron chi connectivity index (χ1n) is 9.80. The highest BCUT2D eigenvalue weighted by molar-refractivity contribution is 7.89. The molecule has 1 aromatic heterocycles. The molecule has 158 valence electrons. The summed E-state index contributed by atoms with van der Waals surface area (Å²) >= 11 is 0. The molecule has 1 saturated heterocycles. The van der Waals surface area contributed by atoms with E-state index in [2.05, 4.69) is 15.5 Å². The number of carbonyl (C=O) groups is 1. The number of nitrogens with one attached hydrogen (secondary N) is 2. The van der Waals surface area contributed by atoms with Gasteiger partial charge in [0.2, 0.25) is 15.9 Å².